The van der Waals surface area contributed by atoms with Crippen molar-refractivity contribution in [3.8, 4) is 5.75 Å². The molecule has 0 saturated carbocycles. The first-order valence-electron chi connectivity index (χ1n) is 8.23. The zero-order valence-electron chi connectivity index (χ0n) is 14.7. The highest BCUT2D eigenvalue weighted by Crippen LogP contribution is 2.28. The van der Waals surface area contributed by atoms with E-state index >= 15 is 0 Å². The van der Waals surface area contributed by atoms with Gasteiger partial charge in [-0.3, -0.25) is 0 Å². The maximum atomic E-state index is 10.8. The molecule has 0 aliphatic carbocycles. The second-order valence-corrected chi connectivity index (χ2v) is 5.73. The summed E-state index contributed by atoms with van der Waals surface area (Å²) in [7, 11) is 0. The van der Waals surface area contributed by atoms with Crippen LogP contribution in [0.3, 0.4) is 0 Å². The standard InChI is InChI=1S/C19H22O6S/c1-3-17(20)24-12-10-22-8-7-21-9-11-23-16-13-18(26)25-19-14(2)5-4-6-15(16)19/h3-6,13H,1,7-12H2,2H3. The minimum atomic E-state index is -0.458. The number of benzene rings is 1. The van der Waals surface area contributed by atoms with Crippen molar-refractivity contribution in [1.82, 2.24) is 0 Å². The Morgan fingerprint density at radius 2 is 1.85 bits per heavy atom. The predicted octanol–water partition coefficient (Wildman–Crippen LogP) is 3.61. The molecule has 0 N–H and O–H groups in total. The SMILES string of the molecule is C=CC(=O)OCCOCCOCCOc1cc(=S)oc2c(C)cccc12. The molecule has 1 heterocycles. The normalized spacial score (nSPS) is 10.7. The van der Waals surface area contributed by atoms with Gasteiger partial charge in [0.05, 0.1) is 31.8 Å². The molecule has 0 unspecified atom stereocenters. The fourth-order valence-electron chi connectivity index (χ4n) is 2.21. The predicted molar refractivity (Wildman–Crippen MR) is 100 cm³/mol. The van der Waals surface area contributed by atoms with Crippen LogP contribution >= 0.6 is 12.2 Å². The lowest BCUT2D eigenvalue weighted by Crippen LogP contribution is -2.13. The van der Waals surface area contributed by atoms with E-state index in [2.05, 4.69) is 6.58 Å². The molecule has 140 valence electrons. The van der Waals surface area contributed by atoms with Crippen molar-refractivity contribution in [1.29, 1.82) is 0 Å². The van der Waals surface area contributed by atoms with Gasteiger partial charge in [-0.1, -0.05) is 18.7 Å². The number of fused-ring (bicyclic) bond motifs is 1. The van der Waals surface area contributed by atoms with E-state index in [4.69, 9.17) is 35.6 Å². The summed E-state index contributed by atoms with van der Waals surface area (Å²) < 4.78 is 27.3. The number of carbonyl (C=O) groups excluding carboxylic acids is 1. The molecular formula is C19H22O6S. The van der Waals surface area contributed by atoms with Gasteiger partial charge in [-0.05, 0) is 30.8 Å². The van der Waals surface area contributed by atoms with E-state index in [9.17, 15) is 4.79 Å². The quantitative estimate of drug-likeness (QED) is 0.256. The van der Waals surface area contributed by atoms with Gasteiger partial charge >= 0.3 is 5.97 Å². The number of para-hydroxylation sites is 1. The molecule has 0 radical (unpaired) electrons. The molecule has 0 spiro atoms. The Morgan fingerprint density at radius 3 is 2.58 bits per heavy atom. The third-order valence-corrected chi connectivity index (χ3v) is 3.63. The first-order valence-corrected chi connectivity index (χ1v) is 8.63. The van der Waals surface area contributed by atoms with Crippen molar-refractivity contribution in [2.45, 2.75) is 6.92 Å². The van der Waals surface area contributed by atoms with Crippen molar-refractivity contribution < 1.29 is 28.2 Å². The van der Waals surface area contributed by atoms with Crippen molar-refractivity contribution in [3.05, 3.63) is 47.2 Å². The summed E-state index contributed by atoms with van der Waals surface area (Å²) >= 11 is 5.15. The molecule has 6 nitrogen and oxygen atoms in total. The molecule has 2 aromatic rings. The minimum Gasteiger partial charge on any atom is -0.490 e. The highest BCUT2D eigenvalue weighted by atomic mass is 32.1. The number of hydrogen-bond donors (Lipinski definition) is 0. The van der Waals surface area contributed by atoms with Gasteiger partial charge in [-0.15, -0.1) is 0 Å². The fraction of sp³-hybridized carbons (Fsp3) is 0.368. The second kappa shape index (κ2) is 10.7. The van der Waals surface area contributed by atoms with Crippen LogP contribution in [0.4, 0.5) is 0 Å². The van der Waals surface area contributed by atoms with Crippen LogP contribution < -0.4 is 4.74 Å². The maximum absolute atomic E-state index is 10.8. The first-order chi connectivity index (χ1) is 12.6. The van der Waals surface area contributed by atoms with Gasteiger partial charge < -0.3 is 23.4 Å². The van der Waals surface area contributed by atoms with E-state index in [1.54, 1.807) is 6.07 Å². The lowest BCUT2D eigenvalue weighted by molar-refractivity contribution is -0.139. The summed E-state index contributed by atoms with van der Waals surface area (Å²) in [6.45, 7) is 7.43. The molecular weight excluding hydrogens is 356 g/mol. The Morgan fingerprint density at radius 1 is 1.15 bits per heavy atom. The Bertz CT molecular complexity index is 798. The van der Waals surface area contributed by atoms with E-state index < -0.39 is 5.97 Å². The van der Waals surface area contributed by atoms with Crippen LogP contribution in [-0.2, 0) is 19.0 Å². The molecule has 1 aromatic carbocycles. The molecule has 26 heavy (non-hydrogen) atoms. The molecule has 0 bridgehead atoms. The minimum absolute atomic E-state index is 0.197. The van der Waals surface area contributed by atoms with Crippen molar-refractivity contribution in [2.24, 2.45) is 0 Å². The van der Waals surface area contributed by atoms with E-state index in [-0.39, 0.29) is 6.61 Å². The molecule has 0 fully saturated rings. The monoisotopic (exact) mass is 378 g/mol. The third kappa shape index (κ3) is 6.25. The number of hydrogen-bond acceptors (Lipinski definition) is 7. The third-order valence-electron chi connectivity index (χ3n) is 3.42. The Labute approximate surface area is 157 Å². The second-order valence-electron chi connectivity index (χ2n) is 5.33. The topological polar surface area (TPSA) is 67.1 Å². The zero-order chi connectivity index (χ0) is 18.8. The average molecular weight is 378 g/mol. The lowest BCUT2D eigenvalue weighted by atomic mass is 10.1. The molecule has 2 rings (SSSR count). The van der Waals surface area contributed by atoms with E-state index in [0.717, 1.165) is 22.6 Å². The molecule has 0 atom stereocenters. The first kappa shape index (κ1) is 20.1. The maximum Gasteiger partial charge on any atom is 0.330 e. The van der Waals surface area contributed by atoms with Gasteiger partial charge in [-0.2, -0.15) is 0 Å². The van der Waals surface area contributed by atoms with Crippen molar-refractivity contribution in [3.63, 3.8) is 0 Å². The molecule has 0 aliphatic rings. The largest absolute Gasteiger partial charge is 0.490 e. The average Bonchev–Trinajstić information content (AvgIpc) is 2.63. The number of ether oxygens (including phenoxy) is 4. The van der Waals surface area contributed by atoms with Crippen LogP contribution in [0, 0.1) is 11.6 Å². The van der Waals surface area contributed by atoms with Gasteiger partial charge in [0.2, 0.25) is 0 Å². The smallest absolute Gasteiger partial charge is 0.330 e. The summed E-state index contributed by atoms with van der Waals surface area (Å²) in [4.78, 5) is 10.8. The summed E-state index contributed by atoms with van der Waals surface area (Å²) in [6.07, 6.45) is 1.11. The van der Waals surface area contributed by atoms with Crippen LogP contribution in [0.5, 0.6) is 5.75 Å². The fourth-order valence-corrected chi connectivity index (χ4v) is 2.40. The van der Waals surface area contributed by atoms with Gasteiger partial charge in [0.25, 0.3) is 0 Å². The van der Waals surface area contributed by atoms with Gasteiger partial charge in [0.15, 0.2) is 4.71 Å². The molecule has 0 amide bonds. The van der Waals surface area contributed by atoms with Crippen LogP contribution in [-0.4, -0.2) is 45.6 Å². The van der Waals surface area contributed by atoms with Gasteiger partial charge in [-0.25, -0.2) is 4.79 Å². The number of rotatable bonds is 11. The highest BCUT2D eigenvalue weighted by Gasteiger charge is 2.07. The van der Waals surface area contributed by atoms with Gasteiger partial charge in [0, 0.05) is 12.1 Å². The number of esters is 1. The highest BCUT2D eigenvalue weighted by molar-refractivity contribution is 7.71. The molecule has 7 heteroatoms. The number of aryl methyl sites for hydroxylation is 1. The summed E-state index contributed by atoms with van der Waals surface area (Å²) in [5.74, 6) is 0.226. The Hall–Kier alpha value is -2.22. The van der Waals surface area contributed by atoms with E-state index in [1.807, 2.05) is 25.1 Å². The molecule has 0 aliphatic heterocycles. The van der Waals surface area contributed by atoms with Crippen LogP contribution in [0.1, 0.15) is 5.56 Å². The molecule has 1 aromatic heterocycles. The Kier molecular flexibility index (Phi) is 8.27. The number of carbonyl (C=O) groups is 1. The van der Waals surface area contributed by atoms with Crippen LogP contribution in [0.25, 0.3) is 11.0 Å². The molecule has 0 saturated heterocycles. The van der Waals surface area contributed by atoms with Crippen molar-refractivity contribution >= 4 is 29.2 Å². The van der Waals surface area contributed by atoms with Crippen LogP contribution in [0.2, 0.25) is 0 Å². The lowest BCUT2D eigenvalue weighted by Gasteiger charge is -2.10. The van der Waals surface area contributed by atoms with Crippen molar-refractivity contribution in [2.75, 3.05) is 39.6 Å². The summed E-state index contributed by atoms with van der Waals surface area (Å²) in [6, 6.07) is 7.55. The summed E-state index contributed by atoms with van der Waals surface area (Å²) in [5, 5.41) is 0.885. The zero-order valence-corrected chi connectivity index (χ0v) is 15.5. The van der Waals surface area contributed by atoms with E-state index in [1.165, 1.54) is 0 Å². The van der Waals surface area contributed by atoms with Crippen LogP contribution in [0.15, 0.2) is 41.3 Å². The van der Waals surface area contributed by atoms with E-state index in [0.29, 0.717) is 43.5 Å². The summed E-state index contributed by atoms with van der Waals surface area (Å²) in [5.41, 5.74) is 1.74. The Balaban J connectivity index is 1.66. The van der Waals surface area contributed by atoms with Gasteiger partial charge in [0.1, 0.15) is 24.5 Å².